The smallest absolute Gasteiger partial charge is 0.319 e. The molecule has 0 aliphatic rings. The van der Waals surface area contributed by atoms with E-state index < -0.39 is 70.5 Å². The summed E-state index contributed by atoms with van der Waals surface area (Å²) in [5, 5.41) is 4.85. The van der Waals surface area contributed by atoms with Crippen LogP contribution in [0.1, 0.15) is 75.7 Å². The molecule has 0 bridgehead atoms. The van der Waals surface area contributed by atoms with Gasteiger partial charge in [-0.25, -0.2) is 0 Å². The summed E-state index contributed by atoms with van der Waals surface area (Å²) in [6.07, 6.45) is -2.64. The van der Waals surface area contributed by atoms with Gasteiger partial charge in [0.05, 0.1) is 11.8 Å². The first-order valence-corrected chi connectivity index (χ1v) is 20.5. The zero-order chi connectivity index (χ0) is 32.8. The number of hydrogen-bond acceptors (Lipinski definition) is 8. The Bertz CT molecular complexity index is 879. The Labute approximate surface area is 258 Å². The Morgan fingerprint density at radius 1 is 0.634 bits per heavy atom. The Hall–Kier alpha value is -1.19. The average molecular weight is 660 g/mol. The molecule has 0 saturated heterocycles. The van der Waals surface area contributed by atoms with Gasteiger partial charge in [0.15, 0.2) is 16.6 Å². The highest BCUT2D eigenvalue weighted by Crippen LogP contribution is 2.40. The highest BCUT2D eigenvalue weighted by molar-refractivity contribution is 6.74. The molecule has 0 aliphatic carbocycles. The SMILES string of the molecule is CC(=O)NC(C)(OC(=O)CC(=O)OC(C)(NC(C)=O)[C@@H](CCl)O[Si](C)(C)C(C)(C)C)[C@@H](CCl)O[Si](C)(C)C(C)(C)C. The summed E-state index contributed by atoms with van der Waals surface area (Å²) in [6, 6.07) is 0. The summed E-state index contributed by atoms with van der Waals surface area (Å²) >= 11 is 12.5. The van der Waals surface area contributed by atoms with Crippen molar-refractivity contribution < 1.29 is 37.5 Å². The monoisotopic (exact) mass is 658 g/mol. The number of esters is 2. The van der Waals surface area contributed by atoms with Gasteiger partial charge in [-0.15, -0.1) is 23.2 Å². The van der Waals surface area contributed by atoms with E-state index in [-0.39, 0.29) is 21.8 Å². The third-order valence-corrected chi connectivity index (χ3v) is 17.3. The zero-order valence-corrected chi connectivity index (χ0v) is 30.8. The van der Waals surface area contributed by atoms with Gasteiger partial charge in [0.25, 0.3) is 0 Å². The lowest BCUT2D eigenvalue weighted by molar-refractivity contribution is -0.185. The largest absolute Gasteiger partial charge is 0.436 e. The fourth-order valence-electron chi connectivity index (χ4n) is 3.35. The predicted octanol–water partition coefficient (Wildman–Crippen LogP) is 5.43. The minimum Gasteiger partial charge on any atom is -0.436 e. The Balaban J connectivity index is 6.04. The summed E-state index contributed by atoms with van der Waals surface area (Å²) in [6.45, 7) is 25.7. The lowest BCUT2D eigenvalue weighted by atomic mass is 10.1. The maximum atomic E-state index is 13.0. The quantitative estimate of drug-likeness (QED) is 0.0831. The normalized spacial score (nSPS) is 17.4. The molecule has 2 N–H and O–H groups in total. The van der Waals surface area contributed by atoms with Gasteiger partial charge in [-0.3, -0.25) is 19.2 Å². The topological polar surface area (TPSA) is 129 Å². The van der Waals surface area contributed by atoms with Crippen molar-refractivity contribution in [3.05, 3.63) is 0 Å². The second-order valence-corrected chi connectivity index (χ2v) is 23.9. The molecular formula is C27H52Cl2N2O8Si2. The van der Waals surface area contributed by atoms with Crippen LogP contribution in [0.3, 0.4) is 0 Å². The number of rotatable bonds is 14. The lowest BCUT2D eigenvalue weighted by Crippen LogP contribution is -2.62. The van der Waals surface area contributed by atoms with E-state index in [1.807, 2.05) is 67.7 Å². The van der Waals surface area contributed by atoms with Crippen molar-refractivity contribution in [2.24, 2.45) is 0 Å². The van der Waals surface area contributed by atoms with Crippen LogP contribution in [0.15, 0.2) is 0 Å². The van der Waals surface area contributed by atoms with E-state index in [0.717, 1.165) is 0 Å². The number of carbonyl (C=O) groups is 4. The van der Waals surface area contributed by atoms with Gasteiger partial charge in [0, 0.05) is 13.8 Å². The van der Waals surface area contributed by atoms with Gasteiger partial charge in [-0.05, 0) is 50.1 Å². The molecule has 0 saturated carbocycles. The molecule has 10 nitrogen and oxygen atoms in total. The molecule has 4 atom stereocenters. The van der Waals surface area contributed by atoms with E-state index in [0.29, 0.717) is 0 Å². The number of amides is 2. The molecule has 0 aromatic carbocycles. The molecule has 0 heterocycles. The van der Waals surface area contributed by atoms with Crippen LogP contribution in [0, 0.1) is 0 Å². The van der Waals surface area contributed by atoms with Gasteiger partial charge < -0.3 is 29.0 Å². The van der Waals surface area contributed by atoms with E-state index in [2.05, 4.69) is 10.6 Å². The molecule has 2 amide bonds. The van der Waals surface area contributed by atoms with E-state index >= 15 is 0 Å². The van der Waals surface area contributed by atoms with Gasteiger partial charge in [-0.1, -0.05) is 41.5 Å². The highest BCUT2D eigenvalue weighted by atomic mass is 35.5. The summed E-state index contributed by atoms with van der Waals surface area (Å²) in [5.74, 6) is -3.13. The van der Waals surface area contributed by atoms with E-state index in [4.69, 9.17) is 41.5 Å². The molecule has 0 spiro atoms. The van der Waals surface area contributed by atoms with Crippen molar-refractivity contribution in [3.63, 3.8) is 0 Å². The molecule has 0 fully saturated rings. The van der Waals surface area contributed by atoms with Crippen LogP contribution in [-0.2, 0) is 37.5 Å². The maximum absolute atomic E-state index is 13.0. The average Bonchev–Trinajstić information content (AvgIpc) is 2.72. The third-order valence-electron chi connectivity index (χ3n) is 7.78. The van der Waals surface area contributed by atoms with Crippen LogP contribution in [-0.4, -0.2) is 75.8 Å². The second kappa shape index (κ2) is 14.5. The number of alkyl halides is 2. The van der Waals surface area contributed by atoms with Crippen LogP contribution < -0.4 is 10.6 Å². The molecular weight excluding hydrogens is 607 g/mol. The van der Waals surface area contributed by atoms with Crippen molar-refractivity contribution in [2.45, 2.75) is 136 Å². The summed E-state index contributed by atoms with van der Waals surface area (Å²) < 4.78 is 24.1. The minimum atomic E-state index is -2.41. The Morgan fingerprint density at radius 3 is 1.10 bits per heavy atom. The molecule has 0 aliphatic heterocycles. The van der Waals surface area contributed by atoms with E-state index in [1.165, 1.54) is 27.7 Å². The summed E-state index contributed by atoms with van der Waals surface area (Å²) in [7, 11) is -4.83. The molecule has 0 rings (SSSR count). The number of carbonyl (C=O) groups excluding carboxylic acids is 4. The fraction of sp³-hybridized carbons (Fsp3) is 0.852. The van der Waals surface area contributed by atoms with Crippen LogP contribution in [0.4, 0.5) is 0 Å². The van der Waals surface area contributed by atoms with Gasteiger partial charge >= 0.3 is 11.9 Å². The standard InChI is InChI=1S/C27H52Cl2N2O8Si2/c1-18(32)30-26(9,20(16-28)38-40(11,12)24(3,4)5)36-22(34)15-23(35)37-27(10,31-19(2)33)21(17-29)39-41(13,14)25(6,7)8/h20-21H,15-17H2,1-14H3,(H,30,32)(H,31,33)/t20-,21-,26?,27?/m1/s1. The van der Waals surface area contributed by atoms with Crippen molar-refractivity contribution in [3.8, 4) is 0 Å². The van der Waals surface area contributed by atoms with E-state index in [9.17, 15) is 19.2 Å². The number of halogens is 2. The number of ether oxygens (including phenoxy) is 2. The van der Waals surface area contributed by atoms with Crippen molar-refractivity contribution >= 4 is 63.6 Å². The molecule has 240 valence electrons. The highest BCUT2D eigenvalue weighted by Gasteiger charge is 2.49. The molecule has 0 aromatic rings. The molecule has 14 heteroatoms. The second-order valence-electron chi connectivity index (χ2n) is 13.7. The van der Waals surface area contributed by atoms with Gasteiger partial charge in [0.1, 0.15) is 18.6 Å². The number of hydrogen-bond donors (Lipinski definition) is 2. The van der Waals surface area contributed by atoms with Crippen LogP contribution in [0.25, 0.3) is 0 Å². The fourth-order valence-corrected chi connectivity index (χ4v) is 7.02. The Kier molecular flexibility index (Phi) is 14.1. The van der Waals surface area contributed by atoms with Crippen molar-refractivity contribution in [1.82, 2.24) is 10.6 Å². The summed E-state index contributed by atoms with van der Waals surface area (Å²) in [4.78, 5) is 50.3. The van der Waals surface area contributed by atoms with Crippen LogP contribution in [0.2, 0.25) is 36.3 Å². The van der Waals surface area contributed by atoms with Crippen LogP contribution >= 0.6 is 23.2 Å². The first-order valence-electron chi connectivity index (χ1n) is 13.6. The lowest BCUT2D eigenvalue weighted by Gasteiger charge is -2.44. The maximum Gasteiger partial charge on any atom is 0.319 e. The zero-order valence-electron chi connectivity index (χ0n) is 27.3. The minimum absolute atomic E-state index is 0.0934. The van der Waals surface area contributed by atoms with Gasteiger partial charge in [-0.2, -0.15) is 0 Å². The third kappa shape index (κ3) is 11.8. The van der Waals surface area contributed by atoms with Crippen LogP contribution in [0.5, 0.6) is 0 Å². The molecule has 0 radical (unpaired) electrons. The van der Waals surface area contributed by atoms with Crippen molar-refractivity contribution in [1.29, 1.82) is 0 Å². The summed E-state index contributed by atoms with van der Waals surface area (Å²) in [5.41, 5.74) is -3.35. The Morgan fingerprint density at radius 2 is 0.902 bits per heavy atom. The van der Waals surface area contributed by atoms with Gasteiger partial charge in [0.2, 0.25) is 23.3 Å². The molecule has 41 heavy (non-hydrogen) atoms. The van der Waals surface area contributed by atoms with E-state index in [1.54, 1.807) is 0 Å². The number of nitrogens with one attached hydrogen (secondary N) is 2. The molecule has 2 unspecified atom stereocenters. The first kappa shape index (κ1) is 39.8. The van der Waals surface area contributed by atoms with Crippen molar-refractivity contribution in [2.75, 3.05) is 11.8 Å². The predicted molar refractivity (Wildman–Crippen MR) is 167 cm³/mol. The first-order chi connectivity index (χ1) is 18.2. The molecule has 0 aromatic heterocycles.